The highest BCUT2D eigenvalue weighted by molar-refractivity contribution is 9.10. The molecule has 3 rings (SSSR count). The van der Waals surface area contributed by atoms with Crippen LogP contribution in [-0.4, -0.2) is 4.98 Å². The molecule has 0 radical (unpaired) electrons. The Kier molecular flexibility index (Phi) is 2.73. The number of thiazole rings is 1. The summed E-state index contributed by atoms with van der Waals surface area (Å²) < 4.78 is 2.37. The van der Waals surface area contributed by atoms with E-state index in [1.165, 1.54) is 15.8 Å². The Morgan fingerprint density at radius 1 is 1.06 bits per heavy atom. The van der Waals surface area contributed by atoms with Crippen molar-refractivity contribution in [2.45, 2.75) is 6.92 Å². The molecule has 0 atom stereocenters. The Morgan fingerprint density at radius 3 is 2.71 bits per heavy atom. The fraction of sp³-hybridized carbons (Fsp3) is 0.0714. The Morgan fingerprint density at radius 2 is 1.88 bits per heavy atom. The number of halogens is 1. The fourth-order valence-electron chi connectivity index (χ4n) is 1.83. The van der Waals surface area contributed by atoms with E-state index in [4.69, 9.17) is 0 Å². The van der Waals surface area contributed by atoms with Crippen molar-refractivity contribution >= 4 is 37.5 Å². The van der Waals surface area contributed by atoms with E-state index in [2.05, 4.69) is 64.2 Å². The number of hydrogen-bond donors (Lipinski definition) is 0. The first-order valence-electron chi connectivity index (χ1n) is 5.37. The average molecular weight is 304 g/mol. The molecule has 0 spiro atoms. The maximum Gasteiger partial charge on any atom is 0.124 e. The first kappa shape index (κ1) is 10.9. The van der Waals surface area contributed by atoms with Crippen LogP contribution in [0.1, 0.15) is 5.56 Å². The highest BCUT2D eigenvalue weighted by Gasteiger charge is 2.09. The summed E-state index contributed by atoms with van der Waals surface area (Å²) in [5, 5.41) is 1.09. The molecule has 1 nitrogen and oxygen atoms in total. The van der Waals surface area contributed by atoms with Gasteiger partial charge in [-0.15, -0.1) is 11.3 Å². The Bertz CT molecular complexity index is 655. The zero-order chi connectivity index (χ0) is 11.8. The maximum absolute atomic E-state index is 4.68. The predicted molar refractivity (Wildman–Crippen MR) is 77.5 cm³/mol. The van der Waals surface area contributed by atoms with Crippen molar-refractivity contribution in [1.29, 1.82) is 0 Å². The maximum atomic E-state index is 4.68. The van der Waals surface area contributed by atoms with Crippen LogP contribution in [0, 0.1) is 6.92 Å². The van der Waals surface area contributed by atoms with Gasteiger partial charge in [-0.2, -0.15) is 0 Å². The summed E-state index contributed by atoms with van der Waals surface area (Å²) in [6.07, 6.45) is 0. The van der Waals surface area contributed by atoms with Crippen LogP contribution in [0.4, 0.5) is 0 Å². The summed E-state index contributed by atoms with van der Waals surface area (Å²) in [6, 6.07) is 14.5. The van der Waals surface area contributed by atoms with Crippen LogP contribution in [0.15, 0.2) is 46.9 Å². The van der Waals surface area contributed by atoms with Gasteiger partial charge in [0.05, 0.1) is 10.2 Å². The number of nitrogens with zero attached hydrogens (tertiary/aromatic N) is 1. The van der Waals surface area contributed by atoms with E-state index in [1.54, 1.807) is 11.3 Å². The van der Waals surface area contributed by atoms with Crippen LogP contribution in [-0.2, 0) is 0 Å². The predicted octanol–water partition coefficient (Wildman–Crippen LogP) is 5.03. The summed E-state index contributed by atoms with van der Waals surface area (Å²) in [6.45, 7) is 2.12. The molecule has 3 aromatic rings. The first-order chi connectivity index (χ1) is 8.25. The van der Waals surface area contributed by atoms with E-state index in [0.717, 1.165) is 15.0 Å². The van der Waals surface area contributed by atoms with Gasteiger partial charge in [-0.3, -0.25) is 0 Å². The van der Waals surface area contributed by atoms with Crippen LogP contribution in [0.25, 0.3) is 20.8 Å². The van der Waals surface area contributed by atoms with Gasteiger partial charge in [0.1, 0.15) is 5.01 Å². The quantitative estimate of drug-likeness (QED) is 0.614. The van der Waals surface area contributed by atoms with Crippen molar-refractivity contribution < 1.29 is 0 Å². The summed E-state index contributed by atoms with van der Waals surface area (Å²) in [4.78, 5) is 4.68. The van der Waals surface area contributed by atoms with Gasteiger partial charge in [-0.25, -0.2) is 4.98 Å². The molecule has 0 aliphatic carbocycles. The van der Waals surface area contributed by atoms with Crippen molar-refractivity contribution in [1.82, 2.24) is 4.98 Å². The zero-order valence-electron chi connectivity index (χ0n) is 9.27. The van der Waals surface area contributed by atoms with Crippen molar-refractivity contribution in [2.24, 2.45) is 0 Å². The molecule has 0 unspecified atom stereocenters. The first-order valence-corrected chi connectivity index (χ1v) is 6.98. The number of hydrogen-bond acceptors (Lipinski definition) is 2. The van der Waals surface area contributed by atoms with Gasteiger partial charge in [0.25, 0.3) is 0 Å². The van der Waals surface area contributed by atoms with E-state index < -0.39 is 0 Å². The Labute approximate surface area is 112 Å². The van der Waals surface area contributed by atoms with Gasteiger partial charge < -0.3 is 0 Å². The topological polar surface area (TPSA) is 12.9 Å². The van der Waals surface area contributed by atoms with E-state index in [9.17, 15) is 0 Å². The lowest BCUT2D eigenvalue weighted by Crippen LogP contribution is -1.82. The summed E-state index contributed by atoms with van der Waals surface area (Å²) in [5.41, 5.74) is 3.53. The van der Waals surface area contributed by atoms with Crippen molar-refractivity contribution in [2.75, 3.05) is 0 Å². The van der Waals surface area contributed by atoms with Gasteiger partial charge in [0.15, 0.2) is 0 Å². The van der Waals surface area contributed by atoms with E-state index >= 15 is 0 Å². The van der Waals surface area contributed by atoms with E-state index in [1.807, 2.05) is 6.07 Å². The smallest absolute Gasteiger partial charge is 0.124 e. The minimum Gasteiger partial charge on any atom is -0.236 e. The molecule has 0 saturated heterocycles. The van der Waals surface area contributed by atoms with Gasteiger partial charge in [-0.1, -0.05) is 40.2 Å². The third-order valence-corrected chi connectivity index (χ3v) is 4.72. The zero-order valence-corrected chi connectivity index (χ0v) is 11.7. The van der Waals surface area contributed by atoms with Crippen LogP contribution < -0.4 is 0 Å². The molecule has 0 amide bonds. The van der Waals surface area contributed by atoms with Crippen LogP contribution >= 0.6 is 27.3 Å². The lowest BCUT2D eigenvalue weighted by Gasteiger charge is -2.03. The molecule has 2 aromatic carbocycles. The molecule has 17 heavy (non-hydrogen) atoms. The molecule has 1 aromatic heterocycles. The number of benzene rings is 2. The monoisotopic (exact) mass is 303 g/mol. The normalized spacial score (nSPS) is 10.9. The van der Waals surface area contributed by atoms with Gasteiger partial charge >= 0.3 is 0 Å². The van der Waals surface area contributed by atoms with Gasteiger partial charge in [-0.05, 0) is 30.7 Å². The molecule has 0 fully saturated rings. The van der Waals surface area contributed by atoms with Crippen LogP contribution in [0.5, 0.6) is 0 Å². The average Bonchev–Trinajstić information content (AvgIpc) is 2.76. The summed E-state index contributed by atoms with van der Waals surface area (Å²) in [5.74, 6) is 0. The van der Waals surface area contributed by atoms with E-state index in [-0.39, 0.29) is 0 Å². The number of fused-ring (bicyclic) bond motifs is 1. The standard InChI is InChI=1S/C14H10BrNS/c1-9-10(5-4-6-11(9)15)14-16-12-7-2-3-8-13(12)17-14/h2-8H,1H3. The molecular formula is C14H10BrNS. The molecule has 0 aliphatic rings. The molecule has 0 bridgehead atoms. The second kappa shape index (κ2) is 4.24. The molecule has 0 N–H and O–H groups in total. The lowest BCUT2D eigenvalue weighted by molar-refractivity contribution is 1.39. The summed E-state index contributed by atoms with van der Waals surface area (Å²) in [7, 11) is 0. The van der Waals surface area contributed by atoms with E-state index in [0.29, 0.717) is 0 Å². The molecule has 1 heterocycles. The second-order valence-corrected chi connectivity index (χ2v) is 5.78. The SMILES string of the molecule is Cc1c(Br)cccc1-c1nc2ccccc2s1. The van der Waals surface area contributed by atoms with Crippen molar-refractivity contribution in [3.8, 4) is 10.6 Å². The number of para-hydroxylation sites is 1. The van der Waals surface area contributed by atoms with Crippen LogP contribution in [0.2, 0.25) is 0 Å². The molecular weight excluding hydrogens is 294 g/mol. The van der Waals surface area contributed by atoms with Crippen molar-refractivity contribution in [3.05, 3.63) is 52.5 Å². The minimum atomic E-state index is 1.08. The third kappa shape index (κ3) is 1.90. The largest absolute Gasteiger partial charge is 0.236 e. The summed E-state index contributed by atoms with van der Waals surface area (Å²) >= 11 is 5.31. The van der Waals surface area contributed by atoms with Gasteiger partial charge in [0, 0.05) is 10.0 Å². The lowest BCUT2D eigenvalue weighted by atomic mass is 10.1. The van der Waals surface area contributed by atoms with Crippen molar-refractivity contribution in [3.63, 3.8) is 0 Å². The van der Waals surface area contributed by atoms with Gasteiger partial charge in [0.2, 0.25) is 0 Å². The molecule has 0 saturated carbocycles. The molecule has 3 heteroatoms. The Balaban J connectivity index is 2.24. The third-order valence-electron chi connectivity index (χ3n) is 2.79. The highest BCUT2D eigenvalue weighted by Crippen LogP contribution is 2.34. The number of rotatable bonds is 1. The Hall–Kier alpha value is -1.19. The van der Waals surface area contributed by atoms with Crippen LogP contribution in [0.3, 0.4) is 0 Å². The molecule has 84 valence electrons. The molecule has 0 aliphatic heterocycles. The minimum absolute atomic E-state index is 1.08. The second-order valence-electron chi connectivity index (χ2n) is 3.90. The number of aromatic nitrogens is 1. The fourth-order valence-corrected chi connectivity index (χ4v) is 3.24. The highest BCUT2D eigenvalue weighted by atomic mass is 79.9.